The zero-order valence-electron chi connectivity index (χ0n) is 20.0. The van der Waals surface area contributed by atoms with Gasteiger partial charge in [-0.2, -0.15) is 0 Å². The first-order chi connectivity index (χ1) is 17.0. The Morgan fingerprint density at radius 3 is 2.29 bits per heavy atom. The highest BCUT2D eigenvalue weighted by Crippen LogP contribution is 2.44. The van der Waals surface area contributed by atoms with Crippen LogP contribution in [0.4, 0.5) is 4.79 Å². The Morgan fingerprint density at radius 2 is 1.60 bits per heavy atom. The van der Waals surface area contributed by atoms with Gasteiger partial charge in [0.1, 0.15) is 6.61 Å². The third-order valence-electron chi connectivity index (χ3n) is 7.14. The lowest BCUT2D eigenvalue weighted by Gasteiger charge is -2.21. The van der Waals surface area contributed by atoms with Gasteiger partial charge in [-0.25, -0.2) is 4.79 Å². The molecule has 2 aromatic carbocycles. The van der Waals surface area contributed by atoms with Crippen molar-refractivity contribution in [1.82, 2.24) is 10.6 Å². The molecule has 7 heteroatoms. The number of carbonyl (C=O) groups excluding carboxylic acids is 2. The van der Waals surface area contributed by atoms with Gasteiger partial charge < -0.3 is 20.5 Å². The third-order valence-corrected chi connectivity index (χ3v) is 7.14. The number of carboxylic acid groups (broad SMARTS) is 1. The number of carboxylic acids is 1. The highest BCUT2D eigenvalue weighted by Gasteiger charge is 2.32. The maximum Gasteiger partial charge on any atom is 0.407 e. The molecule has 0 aliphatic heterocycles. The summed E-state index contributed by atoms with van der Waals surface area (Å²) in [5.41, 5.74) is 4.75. The Hall–Kier alpha value is -3.35. The number of unbranched alkanes of at least 4 members (excludes halogenated alkanes) is 2. The van der Waals surface area contributed by atoms with Gasteiger partial charge in [0.05, 0.1) is 0 Å². The summed E-state index contributed by atoms with van der Waals surface area (Å²) < 4.78 is 5.68. The topological polar surface area (TPSA) is 105 Å². The molecule has 0 heterocycles. The molecule has 7 nitrogen and oxygen atoms in total. The molecule has 0 bridgehead atoms. The molecule has 0 unspecified atom stereocenters. The van der Waals surface area contributed by atoms with Gasteiger partial charge in [-0.1, -0.05) is 61.4 Å². The number of aliphatic carboxylic acids is 1. The number of hydrogen-bond donors (Lipinski definition) is 3. The van der Waals surface area contributed by atoms with E-state index in [1.165, 1.54) is 22.3 Å². The van der Waals surface area contributed by atoms with E-state index in [4.69, 9.17) is 9.84 Å². The van der Waals surface area contributed by atoms with E-state index in [2.05, 4.69) is 34.9 Å². The molecule has 2 aliphatic carbocycles. The van der Waals surface area contributed by atoms with Crippen LogP contribution in [0.15, 0.2) is 48.5 Å². The van der Waals surface area contributed by atoms with E-state index >= 15 is 0 Å². The SMILES string of the molecule is O=C(O)CCCCCNC(=O)C[C@@H]1CCC[C@H]1NC(=O)OCC1c2ccccc2-c2ccccc21. The van der Waals surface area contributed by atoms with Crippen molar-refractivity contribution < 1.29 is 24.2 Å². The smallest absolute Gasteiger partial charge is 0.407 e. The molecule has 2 aromatic rings. The van der Waals surface area contributed by atoms with Crippen molar-refractivity contribution >= 4 is 18.0 Å². The second kappa shape index (κ2) is 11.9. The number of amides is 2. The van der Waals surface area contributed by atoms with Crippen LogP contribution in [0.1, 0.15) is 68.4 Å². The van der Waals surface area contributed by atoms with Gasteiger partial charge in [-0.05, 0) is 53.9 Å². The Kier molecular flexibility index (Phi) is 8.40. The average Bonchev–Trinajstić information content (AvgIpc) is 3.41. The molecule has 4 rings (SSSR count). The number of alkyl carbamates (subject to hydrolysis) is 1. The van der Waals surface area contributed by atoms with Crippen molar-refractivity contribution in [3.8, 4) is 11.1 Å². The summed E-state index contributed by atoms with van der Waals surface area (Å²) >= 11 is 0. The number of benzene rings is 2. The van der Waals surface area contributed by atoms with Crippen LogP contribution in [0.5, 0.6) is 0 Å². The lowest BCUT2D eigenvalue weighted by Crippen LogP contribution is -2.40. The Labute approximate surface area is 206 Å². The van der Waals surface area contributed by atoms with Crippen LogP contribution in [-0.4, -0.2) is 42.3 Å². The minimum absolute atomic E-state index is 0.0190. The van der Waals surface area contributed by atoms with Gasteiger partial charge in [0.15, 0.2) is 0 Å². The summed E-state index contributed by atoms with van der Waals surface area (Å²) in [6.07, 6.45) is 5.01. The van der Waals surface area contributed by atoms with Crippen molar-refractivity contribution in [1.29, 1.82) is 0 Å². The zero-order chi connectivity index (χ0) is 24.6. The number of hydrogen-bond acceptors (Lipinski definition) is 4. The standard InChI is InChI=1S/C28H34N2O5/c31-26(29-16-7-1-2-15-27(32)33)17-19-9-8-14-25(19)30-28(34)35-18-24-22-12-5-3-10-20(22)21-11-4-6-13-23(21)24/h3-6,10-13,19,24-25H,1-2,7-9,14-18H2,(H,29,31)(H,30,34)(H,32,33)/t19-,25+/m0/s1. The van der Waals surface area contributed by atoms with Crippen LogP contribution < -0.4 is 10.6 Å². The summed E-state index contributed by atoms with van der Waals surface area (Å²) in [7, 11) is 0. The summed E-state index contributed by atoms with van der Waals surface area (Å²) in [4.78, 5) is 35.5. The molecule has 0 spiro atoms. The number of fused-ring (bicyclic) bond motifs is 3. The summed E-state index contributed by atoms with van der Waals surface area (Å²) in [6, 6.07) is 16.4. The van der Waals surface area contributed by atoms with E-state index in [1.54, 1.807) is 0 Å². The van der Waals surface area contributed by atoms with Gasteiger partial charge in [0.2, 0.25) is 5.91 Å². The Morgan fingerprint density at radius 1 is 0.914 bits per heavy atom. The van der Waals surface area contributed by atoms with Crippen molar-refractivity contribution in [2.75, 3.05) is 13.2 Å². The van der Waals surface area contributed by atoms with Gasteiger partial charge in [-0.15, -0.1) is 0 Å². The van der Waals surface area contributed by atoms with E-state index in [1.807, 2.05) is 24.3 Å². The van der Waals surface area contributed by atoms with E-state index in [0.717, 1.165) is 32.1 Å². The Bertz CT molecular complexity index is 1010. The molecule has 0 saturated heterocycles. The summed E-state index contributed by atoms with van der Waals surface area (Å²) in [6.45, 7) is 0.829. The fourth-order valence-electron chi connectivity index (χ4n) is 5.38. The minimum Gasteiger partial charge on any atom is -0.481 e. The largest absolute Gasteiger partial charge is 0.481 e. The number of nitrogens with one attached hydrogen (secondary N) is 2. The number of carbonyl (C=O) groups is 3. The molecule has 2 aliphatic rings. The molecule has 2 amide bonds. The molecule has 0 aromatic heterocycles. The van der Waals surface area contributed by atoms with Crippen LogP contribution in [0.25, 0.3) is 11.1 Å². The summed E-state index contributed by atoms with van der Waals surface area (Å²) in [5.74, 6) is -0.684. The first kappa shape index (κ1) is 24.8. The highest BCUT2D eigenvalue weighted by atomic mass is 16.5. The van der Waals surface area contributed by atoms with Gasteiger partial charge in [0.25, 0.3) is 0 Å². The van der Waals surface area contributed by atoms with Gasteiger partial charge >= 0.3 is 12.1 Å². The molecular weight excluding hydrogens is 444 g/mol. The van der Waals surface area contributed by atoms with Crippen LogP contribution in [-0.2, 0) is 14.3 Å². The summed E-state index contributed by atoms with van der Waals surface area (Å²) in [5, 5.41) is 14.6. The van der Waals surface area contributed by atoms with Crippen molar-refractivity contribution in [2.24, 2.45) is 5.92 Å². The second-order valence-corrected chi connectivity index (χ2v) is 9.53. The van der Waals surface area contributed by atoms with Crippen molar-refractivity contribution in [3.05, 3.63) is 59.7 Å². The van der Waals surface area contributed by atoms with E-state index in [0.29, 0.717) is 19.4 Å². The van der Waals surface area contributed by atoms with Crippen LogP contribution in [0.2, 0.25) is 0 Å². The molecule has 1 saturated carbocycles. The number of rotatable bonds is 11. The molecule has 2 atom stereocenters. The second-order valence-electron chi connectivity index (χ2n) is 9.53. The first-order valence-electron chi connectivity index (χ1n) is 12.6. The fourth-order valence-corrected chi connectivity index (χ4v) is 5.38. The van der Waals surface area contributed by atoms with Gasteiger partial charge in [0, 0.05) is 31.3 Å². The molecule has 186 valence electrons. The lowest BCUT2D eigenvalue weighted by molar-refractivity contribution is -0.137. The van der Waals surface area contributed by atoms with Crippen LogP contribution >= 0.6 is 0 Å². The molecular formula is C28H34N2O5. The van der Waals surface area contributed by atoms with Crippen molar-refractivity contribution in [3.63, 3.8) is 0 Å². The predicted octanol–water partition coefficient (Wildman–Crippen LogP) is 4.85. The van der Waals surface area contributed by atoms with E-state index in [9.17, 15) is 14.4 Å². The monoisotopic (exact) mass is 478 g/mol. The average molecular weight is 479 g/mol. The molecule has 1 fully saturated rings. The highest BCUT2D eigenvalue weighted by molar-refractivity contribution is 5.79. The predicted molar refractivity (Wildman–Crippen MR) is 133 cm³/mol. The maximum absolute atomic E-state index is 12.7. The zero-order valence-corrected chi connectivity index (χ0v) is 20.0. The van der Waals surface area contributed by atoms with Crippen LogP contribution in [0.3, 0.4) is 0 Å². The fraction of sp³-hybridized carbons (Fsp3) is 0.464. The first-order valence-corrected chi connectivity index (χ1v) is 12.6. The molecule has 0 radical (unpaired) electrons. The lowest BCUT2D eigenvalue weighted by atomic mass is 9.98. The number of ether oxygens (including phenoxy) is 1. The normalized spacial score (nSPS) is 18.5. The molecule has 35 heavy (non-hydrogen) atoms. The van der Waals surface area contributed by atoms with Gasteiger partial charge in [-0.3, -0.25) is 9.59 Å². The minimum atomic E-state index is -0.787. The van der Waals surface area contributed by atoms with Crippen molar-refractivity contribution in [2.45, 2.75) is 63.3 Å². The van der Waals surface area contributed by atoms with Crippen LogP contribution in [0, 0.1) is 5.92 Å². The maximum atomic E-state index is 12.7. The van der Waals surface area contributed by atoms with E-state index in [-0.39, 0.29) is 36.8 Å². The molecule has 3 N–H and O–H groups in total. The van der Waals surface area contributed by atoms with E-state index < -0.39 is 12.1 Å². The third kappa shape index (κ3) is 6.41. The quantitative estimate of drug-likeness (QED) is 0.401. The Balaban J connectivity index is 1.22.